The number of carbonyl (C=O) groups is 3. The molecule has 2 heterocycles. The molecule has 0 aromatic heterocycles. The molecular weight excluding hydrogens is 486 g/mol. The van der Waals surface area contributed by atoms with Crippen molar-refractivity contribution >= 4 is 39.2 Å². The standard InChI is InChI=1S/C25H29N3O7S/c1-2-18-3-7-21(8-4-18)28-16-19(15-24(28)30)25(31)35-17-23(29)26-20-5-9-22(10-6-20)36(32,33)27-11-13-34-14-12-27/h3-10,19H,2,11-17H2,1H3,(H,26,29)/t19-/m0/s1. The molecule has 2 aromatic rings. The zero-order valence-electron chi connectivity index (χ0n) is 20.0. The third-order valence-electron chi connectivity index (χ3n) is 6.21. The Morgan fingerprint density at radius 2 is 1.72 bits per heavy atom. The van der Waals surface area contributed by atoms with Crippen molar-refractivity contribution in [2.24, 2.45) is 5.92 Å². The molecule has 10 nitrogen and oxygen atoms in total. The lowest BCUT2D eigenvalue weighted by atomic mass is 10.1. The highest BCUT2D eigenvalue weighted by molar-refractivity contribution is 7.89. The largest absolute Gasteiger partial charge is 0.455 e. The molecule has 0 aliphatic carbocycles. The van der Waals surface area contributed by atoms with Gasteiger partial charge in [-0.2, -0.15) is 4.31 Å². The number of nitrogens with zero attached hydrogens (tertiary/aromatic N) is 2. The van der Waals surface area contributed by atoms with Crippen LogP contribution in [0.2, 0.25) is 0 Å². The number of sulfonamides is 1. The second-order valence-corrected chi connectivity index (χ2v) is 10.6. The Morgan fingerprint density at radius 3 is 2.36 bits per heavy atom. The van der Waals surface area contributed by atoms with E-state index >= 15 is 0 Å². The zero-order valence-corrected chi connectivity index (χ0v) is 20.8. The molecule has 2 aliphatic heterocycles. The minimum absolute atomic E-state index is 0.0229. The first-order valence-electron chi connectivity index (χ1n) is 11.8. The number of hydrogen-bond donors (Lipinski definition) is 1. The Hall–Kier alpha value is -3.28. The maximum Gasteiger partial charge on any atom is 0.311 e. The number of nitrogens with one attached hydrogen (secondary N) is 1. The van der Waals surface area contributed by atoms with Gasteiger partial charge >= 0.3 is 5.97 Å². The number of carbonyl (C=O) groups excluding carboxylic acids is 3. The predicted molar refractivity (Wildman–Crippen MR) is 132 cm³/mol. The van der Waals surface area contributed by atoms with Crippen molar-refractivity contribution in [1.29, 1.82) is 0 Å². The number of hydrogen-bond acceptors (Lipinski definition) is 7. The van der Waals surface area contributed by atoms with Gasteiger partial charge in [-0.3, -0.25) is 14.4 Å². The van der Waals surface area contributed by atoms with Gasteiger partial charge in [0.2, 0.25) is 15.9 Å². The Balaban J connectivity index is 1.27. The molecular formula is C25H29N3O7S. The molecule has 36 heavy (non-hydrogen) atoms. The van der Waals surface area contributed by atoms with Crippen LogP contribution in [0.15, 0.2) is 53.4 Å². The molecule has 4 rings (SSSR count). The van der Waals surface area contributed by atoms with Crippen molar-refractivity contribution in [2.45, 2.75) is 24.7 Å². The number of ether oxygens (including phenoxy) is 2. The number of esters is 1. The minimum atomic E-state index is -3.63. The van der Waals surface area contributed by atoms with Gasteiger partial charge in [0.1, 0.15) is 0 Å². The molecule has 11 heteroatoms. The van der Waals surface area contributed by atoms with Gasteiger partial charge in [0.15, 0.2) is 6.61 Å². The number of rotatable bonds is 8. The van der Waals surface area contributed by atoms with Gasteiger partial charge in [-0.05, 0) is 48.4 Å². The van der Waals surface area contributed by atoms with E-state index in [9.17, 15) is 22.8 Å². The second-order valence-electron chi connectivity index (χ2n) is 8.62. The lowest BCUT2D eigenvalue weighted by Gasteiger charge is -2.26. The Morgan fingerprint density at radius 1 is 1.06 bits per heavy atom. The predicted octanol–water partition coefficient (Wildman–Crippen LogP) is 1.80. The number of benzene rings is 2. The number of anilines is 2. The Labute approximate surface area is 210 Å². The lowest BCUT2D eigenvalue weighted by Crippen LogP contribution is -2.40. The molecule has 2 aromatic carbocycles. The van der Waals surface area contributed by atoms with E-state index in [-0.39, 0.29) is 23.8 Å². The summed E-state index contributed by atoms with van der Waals surface area (Å²) in [6.45, 7) is 3.02. The highest BCUT2D eigenvalue weighted by atomic mass is 32.2. The average molecular weight is 516 g/mol. The van der Waals surface area contributed by atoms with Gasteiger partial charge < -0.3 is 19.7 Å². The van der Waals surface area contributed by atoms with Crippen LogP contribution in [0, 0.1) is 5.92 Å². The van der Waals surface area contributed by atoms with Crippen LogP contribution >= 0.6 is 0 Å². The number of aryl methyl sites for hydroxylation is 1. The number of amides is 2. The SMILES string of the molecule is CCc1ccc(N2C[C@@H](C(=O)OCC(=O)Nc3ccc(S(=O)(=O)N4CCOCC4)cc3)CC2=O)cc1. The smallest absolute Gasteiger partial charge is 0.311 e. The van der Waals surface area contributed by atoms with Gasteiger partial charge in [0.05, 0.1) is 24.0 Å². The van der Waals surface area contributed by atoms with Crippen LogP contribution in [-0.4, -0.2) is 70.0 Å². The summed E-state index contributed by atoms with van der Waals surface area (Å²) in [5.41, 5.74) is 2.25. The average Bonchev–Trinajstić information content (AvgIpc) is 3.29. The van der Waals surface area contributed by atoms with Crippen molar-refractivity contribution < 1.29 is 32.3 Å². The Kier molecular flexibility index (Phi) is 8.02. The van der Waals surface area contributed by atoms with Crippen molar-refractivity contribution in [1.82, 2.24) is 4.31 Å². The van der Waals surface area contributed by atoms with Gasteiger partial charge in [-0.15, -0.1) is 0 Å². The molecule has 0 saturated carbocycles. The van der Waals surface area contributed by atoms with E-state index in [0.717, 1.165) is 17.7 Å². The molecule has 192 valence electrons. The monoisotopic (exact) mass is 515 g/mol. The van der Waals surface area contributed by atoms with Crippen LogP contribution in [0.25, 0.3) is 0 Å². The van der Waals surface area contributed by atoms with Gasteiger partial charge in [0, 0.05) is 37.4 Å². The molecule has 0 unspecified atom stereocenters. The summed E-state index contributed by atoms with van der Waals surface area (Å²) >= 11 is 0. The van der Waals surface area contributed by atoms with E-state index < -0.39 is 34.4 Å². The summed E-state index contributed by atoms with van der Waals surface area (Å²) in [5.74, 6) is -2.00. The van der Waals surface area contributed by atoms with E-state index in [4.69, 9.17) is 9.47 Å². The molecule has 0 radical (unpaired) electrons. The zero-order chi connectivity index (χ0) is 25.7. The summed E-state index contributed by atoms with van der Waals surface area (Å²) in [7, 11) is -3.63. The summed E-state index contributed by atoms with van der Waals surface area (Å²) < 4.78 is 37.1. The van der Waals surface area contributed by atoms with E-state index in [0.29, 0.717) is 32.0 Å². The first-order chi connectivity index (χ1) is 17.3. The fraction of sp³-hybridized carbons (Fsp3) is 0.400. The van der Waals surface area contributed by atoms with Crippen LogP contribution < -0.4 is 10.2 Å². The molecule has 2 saturated heterocycles. The molecule has 0 spiro atoms. The van der Waals surface area contributed by atoms with Crippen LogP contribution in [-0.2, 0) is 40.3 Å². The molecule has 2 aliphatic rings. The normalized spacial score (nSPS) is 18.8. The van der Waals surface area contributed by atoms with Crippen LogP contribution in [0.3, 0.4) is 0 Å². The van der Waals surface area contributed by atoms with E-state index in [1.54, 1.807) is 4.90 Å². The third-order valence-corrected chi connectivity index (χ3v) is 8.12. The summed E-state index contributed by atoms with van der Waals surface area (Å²) in [6.07, 6.45) is 0.915. The molecule has 1 N–H and O–H groups in total. The highest BCUT2D eigenvalue weighted by Gasteiger charge is 2.36. The fourth-order valence-electron chi connectivity index (χ4n) is 4.12. The van der Waals surface area contributed by atoms with E-state index in [1.165, 1.54) is 28.6 Å². The molecule has 1 atom stereocenters. The maximum atomic E-state index is 12.7. The first kappa shape index (κ1) is 25.8. The number of morpholine rings is 1. The van der Waals surface area contributed by atoms with Crippen LogP contribution in [0.5, 0.6) is 0 Å². The fourth-order valence-corrected chi connectivity index (χ4v) is 5.53. The molecule has 2 amide bonds. The molecule has 0 bridgehead atoms. The van der Waals surface area contributed by atoms with Gasteiger partial charge in [-0.25, -0.2) is 8.42 Å². The Bertz CT molecular complexity index is 1210. The van der Waals surface area contributed by atoms with E-state index in [2.05, 4.69) is 5.32 Å². The van der Waals surface area contributed by atoms with Crippen molar-refractivity contribution in [3.63, 3.8) is 0 Å². The highest BCUT2D eigenvalue weighted by Crippen LogP contribution is 2.26. The maximum absolute atomic E-state index is 12.7. The van der Waals surface area contributed by atoms with Crippen LogP contribution in [0.4, 0.5) is 11.4 Å². The lowest BCUT2D eigenvalue weighted by molar-refractivity contribution is -0.151. The summed E-state index contributed by atoms with van der Waals surface area (Å²) in [5, 5.41) is 2.58. The minimum Gasteiger partial charge on any atom is -0.455 e. The van der Waals surface area contributed by atoms with Crippen LogP contribution in [0.1, 0.15) is 18.9 Å². The quantitative estimate of drug-likeness (QED) is 0.532. The van der Waals surface area contributed by atoms with Crippen molar-refractivity contribution in [2.75, 3.05) is 49.7 Å². The van der Waals surface area contributed by atoms with Crippen molar-refractivity contribution in [3.8, 4) is 0 Å². The first-order valence-corrected chi connectivity index (χ1v) is 13.3. The second kappa shape index (κ2) is 11.2. The third kappa shape index (κ3) is 5.92. The summed E-state index contributed by atoms with van der Waals surface area (Å²) in [4.78, 5) is 38.8. The topological polar surface area (TPSA) is 122 Å². The van der Waals surface area contributed by atoms with Gasteiger partial charge in [0.25, 0.3) is 5.91 Å². The van der Waals surface area contributed by atoms with E-state index in [1.807, 2.05) is 31.2 Å². The molecule has 2 fully saturated rings. The van der Waals surface area contributed by atoms with Gasteiger partial charge in [-0.1, -0.05) is 19.1 Å². The summed E-state index contributed by atoms with van der Waals surface area (Å²) in [6, 6.07) is 13.4. The van der Waals surface area contributed by atoms with Crippen molar-refractivity contribution in [3.05, 3.63) is 54.1 Å².